The van der Waals surface area contributed by atoms with Crippen LogP contribution in [-0.4, -0.2) is 7.11 Å². The summed E-state index contributed by atoms with van der Waals surface area (Å²) in [6.07, 6.45) is 0. The number of hydrogen-bond donors (Lipinski definition) is 1. The number of para-hydroxylation sites is 1. The molecular formula is C15H15BrFNO2. The van der Waals surface area contributed by atoms with Gasteiger partial charge in [0.05, 0.1) is 7.11 Å². The highest BCUT2D eigenvalue weighted by atomic mass is 79.9. The number of halogens is 2. The third kappa shape index (κ3) is 3.49. The Labute approximate surface area is 125 Å². The smallest absolute Gasteiger partial charge is 0.166 e. The molecule has 0 saturated carbocycles. The van der Waals surface area contributed by atoms with Gasteiger partial charge in [0.2, 0.25) is 0 Å². The Balaban J connectivity index is 2.22. The van der Waals surface area contributed by atoms with Crippen LogP contribution in [0.4, 0.5) is 4.39 Å². The Morgan fingerprint density at radius 3 is 2.70 bits per heavy atom. The maximum atomic E-state index is 13.3. The van der Waals surface area contributed by atoms with E-state index in [1.807, 2.05) is 12.1 Å². The molecule has 5 heteroatoms. The minimum absolute atomic E-state index is 0.240. The van der Waals surface area contributed by atoms with E-state index in [4.69, 9.17) is 15.2 Å². The summed E-state index contributed by atoms with van der Waals surface area (Å²) in [5.74, 6) is 0.901. The molecule has 0 aliphatic carbocycles. The van der Waals surface area contributed by atoms with Crippen LogP contribution in [0.25, 0.3) is 0 Å². The molecule has 2 rings (SSSR count). The normalized spacial score (nSPS) is 10.4. The summed E-state index contributed by atoms with van der Waals surface area (Å²) < 4.78 is 25.0. The summed E-state index contributed by atoms with van der Waals surface area (Å²) >= 11 is 3.26. The first-order valence-corrected chi connectivity index (χ1v) is 6.87. The highest BCUT2D eigenvalue weighted by Crippen LogP contribution is 2.31. The number of ether oxygens (including phenoxy) is 2. The van der Waals surface area contributed by atoms with Crippen LogP contribution in [0.5, 0.6) is 11.5 Å². The zero-order valence-electron chi connectivity index (χ0n) is 11.0. The van der Waals surface area contributed by atoms with E-state index in [2.05, 4.69) is 15.9 Å². The fraction of sp³-hybridized carbons (Fsp3) is 0.200. The van der Waals surface area contributed by atoms with Crippen LogP contribution in [-0.2, 0) is 13.2 Å². The van der Waals surface area contributed by atoms with Crippen molar-refractivity contribution >= 4 is 15.9 Å². The summed E-state index contributed by atoms with van der Waals surface area (Å²) in [6.45, 7) is 0.586. The molecule has 0 aliphatic heterocycles. The summed E-state index contributed by atoms with van der Waals surface area (Å²) in [5, 5.41) is 0. The van der Waals surface area contributed by atoms with Crippen molar-refractivity contribution in [2.45, 2.75) is 13.2 Å². The second kappa shape index (κ2) is 6.72. The van der Waals surface area contributed by atoms with E-state index < -0.39 is 0 Å². The summed E-state index contributed by atoms with van der Waals surface area (Å²) in [5.41, 5.74) is 7.26. The minimum atomic E-state index is -0.308. The molecule has 20 heavy (non-hydrogen) atoms. The molecule has 0 bridgehead atoms. The van der Waals surface area contributed by atoms with Crippen molar-refractivity contribution in [1.29, 1.82) is 0 Å². The zero-order valence-corrected chi connectivity index (χ0v) is 12.6. The van der Waals surface area contributed by atoms with E-state index in [-0.39, 0.29) is 12.4 Å². The molecule has 106 valence electrons. The van der Waals surface area contributed by atoms with Crippen LogP contribution in [0.2, 0.25) is 0 Å². The van der Waals surface area contributed by atoms with Crippen molar-refractivity contribution in [3.05, 3.63) is 57.8 Å². The average molecular weight is 340 g/mol. The predicted molar refractivity (Wildman–Crippen MR) is 79.3 cm³/mol. The number of rotatable bonds is 5. The quantitative estimate of drug-likeness (QED) is 0.904. The number of benzene rings is 2. The highest BCUT2D eigenvalue weighted by molar-refractivity contribution is 9.10. The fourth-order valence-corrected chi connectivity index (χ4v) is 2.41. The Morgan fingerprint density at radius 2 is 2.05 bits per heavy atom. The molecule has 0 fully saturated rings. The van der Waals surface area contributed by atoms with Crippen LogP contribution in [0.15, 0.2) is 40.9 Å². The first kappa shape index (κ1) is 14.8. The maximum absolute atomic E-state index is 13.3. The molecule has 0 radical (unpaired) electrons. The summed E-state index contributed by atoms with van der Waals surface area (Å²) in [6, 6.07) is 10.2. The maximum Gasteiger partial charge on any atom is 0.166 e. The lowest BCUT2D eigenvalue weighted by Crippen LogP contribution is -2.04. The molecule has 2 aromatic rings. The lowest BCUT2D eigenvalue weighted by Gasteiger charge is -2.14. The van der Waals surface area contributed by atoms with Gasteiger partial charge in [-0.3, -0.25) is 0 Å². The second-order valence-corrected chi connectivity index (χ2v) is 5.13. The lowest BCUT2D eigenvalue weighted by molar-refractivity contribution is 0.281. The SMILES string of the molecule is COc1cccc(CN)c1OCc1cc(F)cc(Br)c1. The molecule has 0 aliphatic rings. The van der Waals surface area contributed by atoms with E-state index in [1.54, 1.807) is 19.2 Å². The van der Waals surface area contributed by atoms with Gasteiger partial charge in [-0.15, -0.1) is 0 Å². The van der Waals surface area contributed by atoms with Crippen molar-refractivity contribution in [3.8, 4) is 11.5 Å². The molecule has 0 heterocycles. The van der Waals surface area contributed by atoms with E-state index >= 15 is 0 Å². The molecule has 0 amide bonds. The number of hydrogen-bond acceptors (Lipinski definition) is 3. The Bertz CT molecular complexity index is 562. The van der Waals surface area contributed by atoms with Gasteiger partial charge in [0.1, 0.15) is 12.4 Å². The van der Waals surface area contributed by atoms with Crippen molar-refractivity contribution in [2.24, 2.45) is 5.73 Å². The van der Waals surface area contributed by atoms with Crippen molar-refractivity contribution in [2.75, 3.05) is 7.11 Å². The monoisotopic (exact) mass is 339 g/mol. The Kier molecular flexibility index (Phi) is 4.98. The third-order valence-electron chi connectivity index (χ3n) is 2.81. The third-order valence-corrected chi connectivity index (χ3v) is 3.26. The minimum Gasteiger partial charge on any atom is -0.493 e. The van der Waals surface area contributed by atoms with Gasteiger partial charge < -0.3 is 15.2 Å². The summed E-state index contributed by atoms with van der Waals surface area (Å²) in [7, 11) is 1.57. The topological polar surface area (TPSA) is 44.5 Å². The van der Waals surface area contributed by atoms with Crippen LogP contribution >= 0.6 is 15.9 Å². The first-order chi connectivity index (χ1) is 9.63. The van der Waals surface area contributed by atoms with Gasteiger partial charge in [0.25, 0.3) is 0 Å². The van der Waals surface area contributed by atoms with Crippen molar-refractivity contribution in [3.63, 3.8) is 0 Å². The number of methoxy groups -OCH3 is 1. The molecule has 0 saturated heterocycles. The zero-order chi connectivity index (χ0) is 14.5. The van der Waals surface area contributed by atoms with Crippen LogP contribution in [0.3, 0.4) is 0 Å². The molecule has 2 N–H and O–H groups in total. The molecule has 2 aromatic carbocycles. The highest BCUT2D eigenvalue weighted by Gasteiger charge is 2.10. The van der Waals surface area contributed by atoms with Crippen LogP contribution in [0, 0.1) is 5.82 Å². The molecule has 0 spiro atoms. The predicted octanol–water partition coefficient (Wildman–Crippen LogP) is 3.63. The lowest BCUT2D eigenvalue weighted by atomic mass is 10.2. The van der Waals surface area contributed by atoms with Crippen molar-refractivity contribution in [1.82, 2.24) is 0 Å². The van der Waals surface area contributed by atoms with Gasteiger partial charge in [-0.2, -0.15) is 0 Å². The van der Waals surface area contributed by atoms with Gasteiger partial charge in [-0.05, 0) is 29.8 Å². The van der Waals surface area contributed by atoms with Crippen LogP contribution in [0.1, 0.15) is 11.1 Å². The Morgan fingerprint density at radius 1 is 1.25 bits per heavy atom. The van der Waals surface area contributed by atoms with Gasteiger partial charge in [-0.1, -0.05) is 28.1 Å². The molecule has 0 atom stereocenters. The molecular weight excluding hydrogens is 325 g/mol. The number of nitrogens with two attached hydrogens (primary N) is 1. The van der Waals surface area contributed by atoms with Gasteiger partial charge in [-0.25, -0.2) is 4.39 Å². The first-order valence-electron chi connectivity index (χ1n) is 6.07. The second-order valence-electron chi connectivity index (χ2n) is 4.22. The standard InChI is InChI=1S/C15H15BrFNO2/c1-19-14-4-2-3-11(8-18)15(14)20-9-10-5-12(16)7-13(17)6-10/h2-7H,8-9,18H2,1H3. The van der Waals surface area contributed by atoms with Gasteiger partial charge in [0, 0.05) is 16.6 Å². The molecule has 0 unspecified atom stereocenters. The van der Waals surface area contributed by atoms with Crippen LogP contribution < -0.4 is 15.2 Å². The summed E-state index contributed by atoms with van der Waals surface area (Å²) in [4.78, 5) is 0. The van der Waals surface area contributed by atoms with Crippen molar-refractivity contribution < 1.29 is 13.9 Å². The van der Waals surface area contributed by atoms with E-state index in [0.717, 1.165) is 11.1 Å². The molecule has 0 aromatic heterocycles. The van der Waals surface area contributed by atoms with Gasteiger partial charge in [0.15, 0.2) is 11.5 Å². The largest absolute Gasteiger partial charge is 0.493 e. The van der Waals surface area contributed by atoms with E-state index in [1.165, 1.54) is 12.1 Å². The molecule has 3 nitrogen and oxygen atoms in total. The van der Waals surface area contributed by atoms with E-state index in [9.17, 15) is 4.39 Å². The fourth-order valence-electron chi connectivity index (χ4n) is 1.90. The average Bonchev–Trinajstić information content (AvgIpc) is 2.43. The van der Waals surface area contributed by atoms with Gasteiger partial charge >= 0.3 is 0 Å². The Hall–Kier alpha value is -1.59. The van der Waals surface area contributed by atoms with E-state index in [0.29, 0.717) is 22.5 Å².